The van der Waals surface area contributed by atoms with Crippen LogP contribution < -0.4 is 5.73 Å². The summed E-state index contributed by atoms with van der Waals surface area (Å²) in [4.78, 5) is 4.65. The summed E-state index contributed by atoms with van der Waals surface area (Å²) in [7, 11) is -3.49. The van der Waals surface area contributed by atoms with Crippen molar-refractivity contribution in [3.05, 3.63) is 36.0 Å². The van der Waals surface area contributed by atoms with E-state index in [9.17, 15) is 8.42 Å². The third-order valence-electron chi connectivity index (χ3n) is 4.05. The van der Waals surface area contributed by atoms with Gasteiger partial charge in [0.2, 0.25) is 10.0 Å². The molecule has 0 saturated carbocycles. The summed E-state index contributed by atoms with van der Waals surface area (Å²) in [6.07, 6.45) is 3.11. The molecule has 7 heteroatoms. The fourth-order valence-corrected chi connectivity index (χ4v) is 4.42. The van der Waals surface area contributed by atoms with Crippen molar-refractivity contribution in [3.63, 3.8) is 0 Å². The van der Waals surface area contributed by atoms with Gasteiger partial charge in [-0.1, -0.05) is 6.07 Å². The average molecular weight is 342 g/mol. The van der Waals surface area contributed by atoms with E-state index in [4.69, 9.17) is 5.73 Å². The van der Waals surface area contributed by atoms with Crippen LogP contribution in [-0.2, 0) is 10.0 Å². The van der Waals surface area contributed by atoms with E-state index in [0.717, 1.165) is 11.1 Å². The first-order chi connectivity index (χ1) is 10.00. The van der Waals surface area contributed by atoms with Crippen LogP contribution in [-0.4, -0.2) is 36.8 Å². The van der Waals surface area contributed by atoms with Crippen molar-refractivity contribution < 1.29 is 8.42 Å². The van der Waals surface area contributed by atoms with Crippen molar-refractivity contribution in [2.75, 3.05) is 13.1 Å². The normalized spacial score (nSPS) is 17.4. The van der Waals surface area contributed by atoms with Crippen LogP contribution in [0.4, 0.5) is 0 Å². The maximum absolute atomic E-state index is 12.9. The first-order valence-corrected chi connectivity index (χ1v) is 8.54. The van der Waals surface area contributed by atoms with E-state index in [-0.39, 0.29) is 18.4 Å². The maximum atomic E-state index is 12.9. The fraction of sp³-hybridized carbons (Fsp3) is 0.400. The van der Waals surface area contributed by atoms with Crippen molar-refractivity contribution in [2.24, 2.45) is 5.73 Å². The van der Waals surface area contributed by atoms with Gasteiger partial charge in [0.15, 0.2) is 0 Å². The molecular weight excluding hydrogens is 322 g/mol. The molecule has 1 fully saturated rings. The molecule has 2 aromatic rings. The summed E-state index contributed by atoms with van der Waals surface area (Å²) in [6, 6.07) is 7.19. The highest BCUT2D eigenvalue weighted by Gasteiger charge is 2.29. The van der Waals surface area contributed by atoms with Crippen LogP contribution in [0.15, 0.2) is 35.4 Å². The molecule has 2 N–H and O–H groups in total. The average Bonchev–Trinajstić information content (AvgIpc) is 2.48. The van der Waals surface area contributed by atoms with E-state index in [2.05, 4.69) is 4.98 Å². The van der Waals surface area contributed by atoms with Gasteiger partial charge in [-0.25, -0.2) is 8.42 Å². The Morgan fingerprint density at radius 3 is 2.59 bits per heavy atom. The second-order valence-electron chi connectivity index (χ2n) is 5.52. The van der Waals surface area contributed by atoms with Crippen LogP contribution >= 0.6 is 12.4 Å². The van der Waals surface area contributed by atoms with E-state index in [0.29, 0.717) is 36.2 Å². The molecule has 0 unspecified atom stereocenters. The lowest BCUT2D eigenvalue weighted by Gasteiger charge is -2.29. The van der Waals surface area contributed by atoms with Gasteiger partial charge in [0.1, 0.15) is 0 Å². The van der Waals surface area contributed by atoms with Crippen LogP contribution in [0.5, 0.6) is 0 Å². The predicted octanol–water partition coefficient (Wildman–Crippen LogP) is 2.08. The van der Waals surface area contributed by atoms with Gasteiger partial charge in [0, 0.05) is 30.7 Å². The Morgan fingerprint density at radius 2 is 1.91 bits per heavy atom. The van der Waals surface area contributed by atoms with E-state index in [1.54, 1.807) is 18.3 Å². The molecule has 120 valence electrons. The number of hydrogen-bond acceptors (Lipinski definition) is 4. The van der Waals surface area contributed by atoms with Crippen molar-refractivity contribution in [3.8, 4) is 0 Å². The number of aromatic nitrogens is 1. The SMILES string of the molecule is Cc1ccc(S(=O)(=O)N2CCC(N)CC2)c2cccnc12.Cl. The number of nitrogens with two attached hydrogens (primary N) is 1. The lowest BCUT2D eigenvalue weighted by Crippen LogP contribution is -2.42. The number of pyridine rings is 1. The minimum Gasteiger partial charge on any atom is -0.328 e. The highest BCUT2D eigenvalue weighted by molar-refractivity contribution is 7.89. The number of hydrogen-bond donors (Lipinski definition) is 1. The summed E-state index contributed by atoms with van der Waals surface area (Å²) in [5, 5.41) is 0.687. The predicted molar refractivity (Wildman–Crippen MR) is 89.7 cm³/mol. The number of sulfonamides is 1. The Balaban J connectivity index is 0.00000176. The Kier molecular flexibility index (Phi) is 5.07. The zero-order valence-electron chi connectivity index (χ0n) is 12.4. The first-order valence-electron chi connectivity index (χ1n) is 7.10. The van der Waals surface area contributed by atoms with Gasteiger partial charge < -0.3 is 5.73 Å². The lowest BCUT2D eigenvalue weighted by atomic mass is 10.1. The topological polar surface area (TPSA) is 76.3 Å². The maximum Gasteiger partial charge on any atom is 0.243 e. The molecule has 1 aromatic carbocycles. The zero-order valence-corrected chi connectivity index (χ0v) is 14.0. The van der Waals surface area contributed by atoms with Crippen molar-refractivity contribution in [1.82, 2.24) is 9.29 Å². The van der Waals surface area contributed by atoms with Gasteiger partial charge in [0.05, 0.1) is 10.4 Å². The fourth-order valence-electron chi connectivity index (χ4n) is 2.77. The molecule has 0 spiro atoms. The molecule has 0 amide bonds. The van der Waals surface area contributed by atoms with Gasteiger partial charge in [-0.2, -0.15) is 4.31 Å². The van der Waals surface area contributed by atoms with Gasteiger partial charge in [-0.15, -0.1) is 12.4 Å². The first kappa shape index (κ1) is 17.1. The molecular formula is C15H20ClN3O2S. The molecule has 5 nitrogen and oxygen atoms in total. The minimum atomic E-state index is -3.49. The highest BCUT2D eigenvalue weighted by Crippen LogP contribution is 2.28. The Labute approximate surface area is 137 Å². The van der Waals surface area contributed by atoms with E-state index in [1.165, 1.54) is 4.31 Å². The van der Waals surface area contributed by atoms with E-state index < -0.39 is 10.0 Å². The molecule has 0 radical (unpaired) electrons. The smallest absolute Gasteiger partial charge is 0.243 e. The Hall–Kier alpha value is -1.21. The standard InChI is InChI=1S/C15H19N3O2S.ClH/c1-11-4-5-14(13-3-2-8-17-15(11)13)21(19,20)18-9-6-12(16)7-10-18;/h2-5,8,12H,6-7,9-10,16H2,1H3;1H. The Morgan fingerprint density at radius 1 is 1.23 bits per heavy atom. The van der Waals surface area contributed by atoms with Crippen LogP contribution in [0.3, 0.4) is 0 Å². The minimum absolute atomic E-state index is 0. The van der Waals surface area contributed by atoms with Gasteiger partial charge in [0.25, 0.3) is 0 Å². The largest absolute Gasteiger partial charge is 0.328 e. The molecule has 1 aliphatic heterocycles. The summed E-state index contributed by atoms with van der Waals surface area (Å²) in [6.45, 7) is 2.91. The van der Waals surface area contributed by atoms with Gasteiger partial charge in [-0.05, 0) is 43.5 Å². The quantitative estimate of drug-likeness (QED) is 0.907. The molecule has 1 aliphatic rings. The number of nitrogens with zero attached hydrogens (tertiary/aromatic N) is 2. The summed E-state index contributed by atoms with van der Waals surface area (Å²) >= 11 is 0. The molecule has 3 rings (SSSR count). The van der Waals surface area contributed by atoms with Crippen molar-refractivity contribution in [1.29, 1.82) is 0 Å². The summed E-state index contributed by atoms with van der Waals surface area (Å²) in [5.74, 6) is 0. The molecule has 1 aromatic heterocycles. The molecule has 22 heavy (non-hydrogen) atoms. The molecule has 0 aliphatic carbocycles. The van der Waals surface area contributed by atoms with Crippen molar-refractivity contribution >= 4 is 33.3 Å². The van der Waals surface area contributed by atoms with E-state index in [1.807, 2.05) is 19.1 Å². The molecule has 0 bridgehead atoms. The highest BCUT2D eigenvalue weighted by atomic mass is 35.5. The number of halogens is 1. The third-order valence-corrected chi connectivity index (χ3v) is 6.00. The second-order valence-corrected chi connectivity index (χ2v) is 7.43. The number of aryl methyl sites for hydroxylation is 1. The third kappa shape index (κ3) is 2.96. The lowest BCUT2D eigenvalue weighted by molar-refractivity contribution is 0.320. The summed E-state index contributed by atoms with van der Waals surface area (Å²) in [5.41, 5.74) is 7.58. The van der Waals surface area contributed by atoms with Crippen molar-refractivity contribution in [2.45, 2.75) is 30.7 Å². The number of fused-ring (bicyclic) bond motifs is 1. The van der Waals surface area contributed by atoms with Gasteiger partial charge in [-0.3, -0.25) is 4.98 Å². The number of piperidine rings is 1. The van der Waals surface area contributed by atoms with Gasteiger partial charge >= 0.3 is 0 Å². The van der Waals surface area contributed by atoms with E-state index >= 15 is 0 Å². The second kappa shape index (κ2) is 6.50. The number of rotatable bonds is 2. The molecule has 2 heterocycles. The Bertz CT molecular complexity index is 771. The van der Waals surface area contributed by atoms with Crippen LogP contribution in [0.1, 0.15) is 18.4 Å². The summed E-state index contributed by atoms with van der Waals surface area (Å²) < 4.78 is 27.3. The van der Waals surface area contributed by atoms with Crippen LogP contribution in [0, 0.1) is 6.92 Å². The number of benzene rings is 1. The molecule has 1 saturated heterocycles. The zero-order chi connectivity index (χ0) is 15.0. The monoisotopic (exact) mass is 341 g/mol. The molecule has 0 atom stereocenters. The van der Waals surface area contributed by atoms with Crippen LogP contribution in [0.25, 0.3) is 10.9 Å². The van der Waals surface area contributed by atoms with Crippen LogP contribution in [0.2, 0.25) is 0 Å².